The SMILES string of the molecule is COc1ccc(Cn2cnc3cc(OC)c(N4CCOCC4)cc32)cc1. The molecule has 0 amide bonds. The highest BCUT2D eigenvalue weighted by molar-refractivity contribution is 5.84. The van der Waals surface area contributed by atoms with Crippen molar-refractivity contribution in [2.75, 3.05) is 45.4 Å². The van der Waals surface area contributed by atoms with E-state index in [2.05, 4.69) is 32.7 Å². The number of nitrogens with zero attached hydrogens (tertiary/aromatic N) is 3. The van der Waals surface area contributed by atoms with Crippen LogP contribution in [0.15, 0.2) is 42.7 Å². The highest BCUT2D eigenvalue weighted by Gasteiger charge is 2.18. The van der Waals surface area contributed by atoms with Crippen molar-refractivity contribution in [3.8, 4) is 11.5 Å². The van der Waals surface area contributed by atoms with Gasteiger partial charge in [-0.2, -0.15) is 0 Å². The Morgan fingerprint density at radius 3 is 2.50 bits per heavy atom. The highest BCUT2D eigenvalue weighted by Crippen LogP contribution is 2.33. The molecule has 0 N–H and O–H groups in total. The molecule has 0 saturated carbocycles. The lowest BCUT2D eigenvalue weighted by atomic mass is 10.2. The number of imidazole rings is 1. The van der Waals surface area contributed by atoms with E-state index < -0.39 is 0 Å². The van der Waals surface area contributed by atoms with E-state index >= 15 is 0 Å². The van der Waals surface area contributed by atoms with Crippen molar-refractivity contribution in [3.63, 3.8) is 0 Å². The molecule has 26 heavy (non-hydrogen) atoms. The second-order valence-corrected chi connectivity index (χ2v) is 6.33. The second-order valence-electron chi connectivity index (χ2n) is 6.33. The van der Waals surface area contributed by atoms with E-state index in [1.165, 1.54) is 5.56 Å². The maximum atomic E-state index is 5.61. The van der Waals surface area contributed by atoms with Crippen molar-refractivity contribution in [1.82, 2.24) is 9.55 Å². The minimum atomic E-state index is 0.742. The number of hydrogen-bond acceptors (Lipinski definition) is 5. The maximum absolute atomic E-state index is 5.61. The topological polar surface area (TPSA) is 48.8 Å². The lowest BCUT2D eigenvalue weighted by molar-refractivity contribution is 0.122. The summed E-state index contributed by atoms with van der Waals surface area (Å²) in [7, 11) is 3.39. The molecule has 0 spiro atoms. The van der Waals surface area contributed by atoms with Crippen LogP contribution in [0.4, 0.5) is 5.69 Å². The standard InChI is InChI=1S/C20H23N3O3/c1-24-16-5-3-15(4-6-16)13-23-14-21-17-11-20(25-2)19(12-18(17)23)22-7-9-26-10-8-22/h3-6,11-12,14H,7-10,13H2,1-2H3. The number of methoxy groups -OCH3 is 2. The van der Waals surface area contributed by atoms with Crippen LogP contribution in [-0.4, -0.2) is 50.1 Å². The average Bonchev–Trinajstić information content (AvgIpc) is 3.10. The molecule has 0 unspecified atom stereocenters. The minimum absolute atomic E-state index is 0.742. The Balaban J connectivity index is 1.69. The Bertz CT molecular complexity index is 883. The van der Waals surface area contributed by atoms with Crippen LogP contribution >= 0.6 is 0 Å². The molecule has 136 valence electrons. The fraction of sp³-hybridized carbons (Fsp3) is 0.350. The molecule has 6 heteroatoms. The van der Waals surface area contributed by atoms with E-state index in [1.807, 2.05) is 24.5 Å². The molecule has 1 fully saturated rings. The number of rotatable bonds is 5. The molecular formula is C20H23N3O3. The predicted molar refractivity (Wildman–Crippen MR) is 101 cm³/mol. The van der Waals surface area contributed by atoms with Gasteiger partial charge in [-0.3, -0.25) is 0 Å². The van der Waals surface area contributed by atoms with Crippen molar-refractivity contribution >= 4 is 16.7 Å². The molecule has 1 aliphatic rings. The highest BCUT2D eigenvalue weighted by atomic mass is 16.5. The number of anilines is 1. The second kappa shape index (κ2) is 7.25. The van der Waals surface area contributed by atoms with Crippen molar-refractivity contribution < 1.29 is 14.2 Å². The Kier molecular flexibility index (Phi) is 4.67. The van der Waals surface area contributed by atoms with E-state index in [4.69, 9.17) is 14.2 Å². The number of aromatic nitrogens is 2. The monoisotopic (exact) mass is 353 g/mol. The first-order chi connectivity index (χ1) is 12.8. The van der Waals surface area contributed by atoms with Gasteiger partial charge in [0.05, 0.1) is 50.5 Å². The number of ether oxygens (including phenoxy) is 3. The van der Waals surface area contributed by atoms with Gasteiger partial charge in [0.15, 0.2) is 0 Å². The van der Waals surface area contributed by atoms with Gasteiger partial charge < -0.3 is 23.7 Å². The van der Waals surface area contributed by atoms with Gasteiger partial charge in [0.25, 0.3) is 0 Å². The molecule has 0 bridgehead atoms. The first-order valence-electron chi connectivity index (χ1n) is 8.77. The van der Waals surface area contributed by atoms with Gasteiger partial charge in [0, 0.05) is 25.7 Å². The molecule has 3 aromatic rings. The van der Waals surface area contributed by atoms with Gasteiger partial charge in [0.1, 0.15) is 11.5 Å². The summed E-state index contributed by atoms with van der Waals surface area (Å²) in [6, 6.07) is 12.3. The van der Waals surface area contributed by atoms with Crippen molar-refractivity contribution in [2.45, 2.75) is 6.54 Å². The van der Waals surface area contributed by atoms with Gasteiger partial charge in [-0.05, 0) is 23.8 Å². The van der Waals surface area contributed by atoms with Crippen LogP contribution in [0.25, 0.3) is 11.0 Å². The molecule has 2 heterocycles. The van der Waals surface area contributed by atoms with Gasteiger partial charge >= 0.3 is 0 Å². The lowest BCUT2D eigenvalue weighted by Gasteiger charge is -2.30. The zero-order valence-electron chi connectivity index (χ0n) is 15.1. The molecular weight excluding hydrogens is 330 g/mol. The van der Waals surface area contributed by atoms with E-state index in [-0.39, 0.29) is 0 Å². The maximum Gasteiger partial charge on any atom is 0.144 e. The van der Waals surface area contributed by atoms with Gasteiger partial charge in [-0.25, -0.2) is 4.98 Å². The molecule has 1 aromatic heterocycles. The van der Waals surface area contributed by atoms with Crippen LogP contribution in [-0.2, 0) is 11.3 Å². The molecule has 4 rings (SSSR count). The minimum Gasteiger partial charge on any atom is -0.497 e. The van der Waals surface area contributed by atoms with Gasteiger partial charge in [-0.1, -0.05) is 12.1 Å². The zero-order valence-corrected chi connectivity index (χ0v) is 15.1. The Labute approximate surface area is 152 Å². The third-order valence-corrected chi connectivity index (χ3v) is 4.79. The number of morpholine rings is 1. The zero-order chi connectivity index (χ0) is 17.9. The molecule has 0 radical (unpaired) electrons. The molecule has 1 saturated heterocycles. The summed E-state index contributed by atoms with van der Waals surface area (Å²) in [5.41, 5.74) is 4.34. The predicted octanol–water partition coefficient (Wildman–Crippen LogP) is 2.94. The first kappa shape index (κ1) is 16.7. The number of hydrogen-bond donors (Lipinski definition) is 0. The van der Waals surface area contributed by atoms with Crippen LogP contribution in [0.3, 0.4) is 0 Å². The van der Waals surface area contributed by atoms with Crippen LogP contribution in [0.5, 0.6) is 11.5 Å². The third-order valence-electron chi connectivity index (χ3n) is 4.79. The molecule has 6 nitrogen and oxygen atoms in total. The Hall–Kier alpha value is -2.73. The van der Waals surface area contributed by atoms with E-state index in [9.17, 15) is 0 Å². The number of benzene rings is 2. The summed E-state index contributed by atoms with van der Waals surface area (Å²) in [6.45, 7) is 3.98. The van der Waals surface area contributed by atoms with E-state index in [1.54, 1.807) is 14.2 Å². The molecule has 1 aliphatic heterocycles. The van der Waals surface area contributed by atoms with Crippen LogP contribution in [0, 0.1) is 0 Å². The molecule has 0 aliphatic carbocycles. The van der Waals surface area contributed by atoms with Gasteiger partial charge in [-0.15, -0.1) is 0 Å². The summed E-state index contributed by atoms with van der Waals surface area (Å²) in [4.78, 5) is 6.87. The van der Waals surface area contributed by atoms with Gasteiger partial charge in [0.2, 0.25) is 0 Å². The fourth-order valence-electron chi connectivity index (χ4n) is 3.34. The summed E-state index contributed by atoms with van der Waals surface area (Å²) in [6.07, 6.45) is 1.89. The molecule has 0 atom stereocenters. The number of fused-ring (bicyclic) bond motifs is 1. The third kappa shape index (κ3) is 3.20. The fourth-order valence-corrected chi connectivity index (χ4v) is 3.34. The van der Waals surface area contributed by atoms with E-state index in [0.717, 1.165) is 61.1 Å². The Morgan fingerprint density at radius 1 is 1.04 bits per heavy atom. The lowest BCUT2D eigenvalue weighted by Crippen LogP contribution is -2.36. The van der Waals surface area contributed by atoms with E-state index in [0.29, 0.717) is 0 Å². The summed E-state index contributed by atoms with van der Waals surface area (Å²) in [5, 5.41) is 0. The van der Waals surface area contributed by atoms with Crippen LogP contribution < -0.4 is 14.4 Å². The quantitative estimate of drug-likeness (QED) is 0.706. The largest absolute Gasteiger partial charge is 0.497 e. The first-order valence-corrected chi connectivity index (χ1v) is 8.77. The van der Waals surface area contributed by atoms with Crippen molar-refractivity contribution in [2.24, 2.45) is 0 Å². The van der Waals surface area contributed by atoms with Crippen molar-refractivity contribution in [3.05, 3.63) is 48.3 Å². The van der Waals surface area contributed by atoms with Crippen molar-refractivity contribution in [1.29, 1.82) is 0 Å². The summed E-state index contributed by atoms with van der Waals surface area (Å²) >= 11 is 0. The normalized spacial score (nSPS) is 14.6. The average molecular weight is 353 g/mol. The summed E-state index contributed by atoms with van der Waals surface area (Å²) < 4.78 is 18.5. The van der Waals surface area contributed by atoms with Crippen LogP contribution in [0.1, 0.15) is 5.56 Å². The molecule has 2 aromatic carbocycles. The smallest absolute Gasteiger partial charge is 0.144 e. The van der Waals surface area contributed by atoms with Crippen LogP contribution in [0.2, 0.25) is 0 Å². The summed E-state index contributed by atoms with van der Waals surface area (Å²) in [5.74, 6) is 1.72. The Morgan fingerprint density at radius 2 is 1.81 bits per heavy atom.